The first-order valence-electron chi connectivity index (χ1n) is 6.10. The van der Waals surface area contributed by atoms with Gasteiger partial charge in [-0.05, 0) is 30.3 Å². The van der Waals surface area contributed by atoms with E-state index in [1.54, 1.807) is 19.2 Å². The number of nitrogens with one attached hydrogen (secondary N) is 1. The second-order valence-corrected chi connectivity index (χ2v) is 5.26. The van der Waals surface area contributed by atoms with Crippen molar-refractivity contribution in [2.45, 2.75) is 6.54 Å². The molecule has 2 aromatic rings. The quantitative estimate of drug-likeness (QED) is 0.855. The first kappa shape index (κ1) is 15.3. The SMILES string of the molecule is COc1cc(Br)cc(NCc2cc(C(=O)O)ccc2F)c1. The molecule has 2 N–H and O–H groups in total. The van der Waals surface area contributed by atoms with Crippen molar-refractivity contribution in [2.75, 3.05) is 12.4 Å². The average Bonchev–Trinajstić information content (AvgIpc) is 2.45. The lowest BCUT2D eigenvalue weighted by Gasteiger charge is -2.10. The Bertz CT molecular complexity index is 676. The van der Waals surface area contributed by atoms with E-state index in [9.17, 15) is 9.18 Å². The summed E-state index contributed by atoms with van der Waals surface area (Å²) >= 11 is 3.35. The van der Waals surface area contributed by atoms with Crippen molar-refractivity contribution in [3.05, 3.63) is 57.8 Å². The third-order valence-electron chi connectivity index (χ3n) is 2.88. The van der Waals surface area contributed by atoms with Crippen molar-refractivity contribution < 1.29 is 19.0 Å². The van der Waals surface area contributed by atoms with Gasteiger partial charge in [-0.2, -0.15) is 0 Å². The molecule has 110 valence electrons. The Morgan fingerprint density at radius 2 is 2.10 bits per heavy atom. The van der Waals surface area contributed by atoms with Gasteiger partial charge < -0.3 is 15.2 Å². The summed E-state index contributed by atoms with van der Waals surface area (Å²) in [5, 5.41) is 12.0. The summed E-state index contributed by atoms with van der Waals surface area (Å²) in [6.45, 7) is 0.173. The molecule has 0 saturated heterocycles. The standard InChI is InChI=1S/C15H13BrFNO3/c1-21-13-6-11(16)5-12(7-13)18-8-10-4-9(15(19)20)2-3-14(10)17/h2-7,18H,8H2,1H3,(H,19,20). The highest BCUT2D eigenvalue weighted by atomic mass is 79.9. The molecule has 4 nitrogen and oxygen atoms in total. The van der Waals surface area contributed by atoms with E-state index in [1.165, 1.54) is 12.1 Å². The van der Waals surface area contributed by atoms with Gasteiger partial charge in [-0.15, -0.1) is 0 Å². The monoisotopic (exact) mass is 353 g/mol. The van der Waals surface area contributed by atoms with Crippen LogP contribution in [0.4, 0.5) is 10.1 Å². The molecule has 0 atom stereocenters. The van der Waals surface area contributed by atoms with Crippen molar-refractivity contribution in [1.82, 2.24) is 0 Å². The summed E-state index contributed by atoms with van der Waals surface area (Å²) < 4.78 is 19.7. The predicted octanol–water partition coefficient (Wildman–Crippen LogP) is 3.91. The highest BCUT2D eigenvalue weighted by Crippen LogP contribution is 2.25. The lowest BCUT2D eigenvalue weighted by Crippen LogP contribution is -2.05. The smallest absolute Gasteiger partial charge is 0.335 e. The third kappa shape index (κ3) is 3.95. The number of carbonyl (C=O) groups is 1. The van der Waals surface area contributed by atoms with Crippen LogP contribution >= 0.6 is 15.9 Å². The van der Waals surface area contributed by atoms with Gasteiger partial charge in [-0.25, -0.2) is 9.18 Å². The number of halogens is 2. The summed E-state index contributed by atoms with van der Waals surface area (Å²) in [6, 6.07) is 9.10. The molecule has 0 radical (unpaired) electrons. The van der Waals surface area contributed by atoms with Crippen LogP contribution < -0.4 is 10.1 Å². The van der Waals surface area contributed by atoms with Crippen molar-refractivity contribution in [2.24, 2.45) is 0 Å². The molecule has 0 aromatic heterocycles. The van der Waals surface area contributed by atoms with E-state index >= 15 is 0 Å². The van der Waals surface area contributed by atoms with Crippen molar-refractivity contribution in [3.63, 3.8) is 0 Å². The Balaban J connectivity index is 2.18. The highest BCUT2D eigenvalue weighted by molar-refractivity contribution is 9.10. The normalized spacial score (nSPS) is 10.2. The predicted molar refractivity (Wildman–Crippen MR) is 81.4 cm³/mol. The number of ether oxygens (including phenoxy) is 1. The maximum absolute atomic E-state index is 13.7. The van der Waals surface area contributed by atoms with Gasteiger partial charge >= 0.3 is 5.97 Å². The first-order valence-corrected chi connectivity index (χ1v) is 6.89. The largest absolute Gasteiger partial charge is 0.497 e. The molecule has 21 heavy (non-hydrogen) atoms. The number of anilines is 1. The number of hydrogen-bond donors (Lipinski definition) is 2. The minimum atomic E-state index is -1.08. The molecule has 0 fully saturated rings. The minimum absolute atomic E-state index is 0.0556. The topological polar surface area (TPSA) is 58.6 Å². The first-order chi connectivity index (χ1) is 9.99. The number of methoxy groups -OCH3 is 1. The van der Waals surface area contributed by atoms with E-state index < -0.39 is 11.8 Å². The van der Waals surface area contributed by atoms with Crippen LogP contribution in [0.15, 0.2) is 40.9 Å². The van der Waals surface area contributed by atoms with Crippen LogP contribution in [-0.2, 0) is 6.54 Å². The number of benzene rings is 2. The maximum Gasteiger partial charge on any atom is 0.335 e. The molecule has 0 aliphatic carbocycles. The van der Waals surface area contributed by atoms with Gasteiger partial charge in [-0.3, -0.25) is 0 Å². The van der Waals surface area contributed by atoms with Gasteiger partial charge in [0.15, 0.2) is 0 Å². The van der Waals surface area contributed by atoms with Gasteiger partial charge in [0.1, 0.15) is 11.6 Å². The zero-order valence-corrected chi connectivity index (χ0v) is 12.8. The molecule has 2 rings (SSSR count). The van der Waals surface area contributed by atoms with Gasteiger partial charge in [0.2, 0.25) is 0 Å². The Morgan fingerprint density at radius 1 is 1.33 bits per heavy atom. The molecule has 0 aliphatic heterocycles. The molecular formula is C15H13BrFNO3. The van der Waals surface area contributed by atoms with E-state index in [2.05, 4.69) is 21.2 Å². The minimum Gasteiger partial charge on any atom is -0.497 e. The Hall–Kier alpha value is -2.08. The number of hydrogen-bond acceptors (Lipinski definition) is 3. The van der Waals surface area contributed by atoms with Crippen LogP contribution in [-0.4, -0.2) is 18.2 Å². The van der Waals surface area contributed by atoms with E-state index in [4.69, 9.17) is 9.84 Å². The van der Waals surface area contributed by atoms with E-state index in [0.717, 1.165) is 16.2 Å². The third-order valence-corrected chi connectivity index (χ3v) is 3.34. The number of rotatable bonds is 5. The molecule has 0 unspecified atom stereocenters. The maximum atomic E-state index is 13.7. The van der Waals surface area contributed by atoms with Crippen LogP contribution in [0.5, 0.6) is 5.75 Å². The molecular weight excluding hydrogens is 341 g/mol. The van der Waals surface area contributed by atoms with Gasteiger partial charge in [0.25, 0.3) is 0 Å². The fourth-order valence-electron chi connectivity index (χ4n) is 1.82. The summed E-state index contributed by atoms with van der Waals surface area (Å²) in [4.78, 5) is 10.9. The number of aromatic carboxylic acids is 1. The molecule has 0 bridgehead atoms. The summed E-state index contributed by atoms with van der Waals surface area (Å²) in [6.07, 6.45) is 0. The molecule has 0 aliphatic rings. The summed E-state index contributed by atoms with van der Waals surface area (Å²) in [7, 11) is 1.56. The second kappa shape index (κ2) is 6.58. The van der Waals surface area contributed by atoms with Gasteiger partial charge in [0.05, 0.1) is 12.7 Å². The molecule has 0 spiro atoms. The van der Waals surface area contributed by atoms with E-state index in [-0.39, 0.29) is 17.7 Å². The van der Waals surface area contributed by atoms with Crippen molar-refractivity contribution in [3.8, 4) is 5.75 Å². The molecule has 0 saturated carbocycles. The van der Waals surface area contributed by atoms with Gasteiger partial charge in [0, 0.05) is 28.3 Å². The van der Waals surface area contributed by atoms with Gasteiger partial charge in [-0.1, -0.05) is 15.9 Å². The molecule has 6 heteroatoms. The lowest BCUT2D eigenvalue weighted by atomic mass is 10.1. The Kier molecular flexibility index (Phi) is 4.80. The van der Waals surface area contributed by atoms with Crippen LogP contribution in [0.2, 0.25) is 0 Å². The van der Waals surface area contributed by atoms with Crippen molar-refractivity contribution in [1.29, 1.82) is 0 Å². The average molecular weight is 354 g/mol. The number of carboxylic acid groups (broad SMARTS) is 1. The summed E-state index contributed by atoms with van der Waals surface area (Å²) in [5.41, 5.74) is 1.08. The van der Waals surface area contributed by atoms with Crippen LogP contribution in [0, 0.1) is 5.82 Å². The highest BCUT2D eigenvalue weighted by Gasteiger charge is 2.08. The zero-order chi connectivity index (χ0) is 15.4. The Labute approximate surface area is 129 Å². The molecule has 0 heterocycles. The number of carboxylic acids is 1. The fraction of sp³-hybridized carbons (Fsp3) is 0.133. The summed E-state index contributed by atoms with van der Waals surface area (Å²) in [5.74, 6) is -0.874. The molecule has 0 amide bonds. The second-order valence-electron chi connectivity index (χ2n) is 4.34. The van der Waals surface area contributed by atoms with E-state index in [0.29, 0.717) is 5.75 Å². The van der Waals surface area contributed by atoms with Crippen LogP contribution in [0.25, 0.3) is 0 Å². The Morgan fingerprint density at radius 3 is 2.76 bits per heavy atom. The van der Waals surface area contributed by atoms with E-state index in [1.807, 2.05) is 6.07 Å². The van der Waals surface area contributed by atoms with Crippen LogP contribution in [0.1, 0.15) is 15.9 Å². The lowest BCUT2D eigenvalue weighted by molar-refractivity contribution is 0.0696. The van der Waals surface area contributed by atoms with Crippen molar-refractivity contribution >= 4 is 27.6 Å². The molecule has 2 aromatic carbocycles. The zero-order valence-electron chi connectivity index (χ0n) is 11.2. The fourth-order valence-corrected chi connectivity index (χ4v) is 2.30. The van der Waals surface area contributed by atoms with Crippen LogP contribution in [0.3, 0.4) is 0 Å².